The van der Waals surface area contributed by atoms with E-state index < -0.39 is 0 Å². The summed E-state index contributed by atoms with van der Waals surface area (Å²) < 4.78 is 2.01. The van der Waals surface area contributed by atoms with Gasteiger partial charge < -0.3 is 5.32 Å². The molecule has 3 nitrogen and oxygen atoms in total. The zero-order valence-electron chi connectivity index (χ0n) is 9.08. The molecule has 0 atom stereocenters. The van der Waals surface area contributed by atoms with E-state index in [-0.39, 0.29) is 0 Å². The van der Waals surface area contributed by atoms with Crippen LogP contribution in [0.2, 0.25) is 0 Å². The summed E-state index contributed by atoms with van der Waals surface area (Å²) in [6.07, 6.45) is 4.86. The second-order valence-electron chi connectivity index (χ2n) is 4.08. The zero-order chi connectivity index (χ0) is 9.97. The fraction of sp³-hybridized carbons (Fsp3) is 0.727. The van der Waals surface area contributed by atoms with Crippen molar-refractivity contribution < 1.29 is 0 Å². The van der Waals surface area contributed by atoms with Gasteiger partial charge in [0.25, 0.3) is 0 Å². The van der Waals surface area contributed by atoms with Crippen LogP contribution < -0.4 is 5.32 Å². The molecule has 1 heterocycles. The first-order valence-electron chi connectivity index (χ1n) is 5.54. The number of rotatable bonds is 5. The number of nitrogens with zero attached hydrogens (tertiary/aromatic N) is 2. The van der Waals surface area contributed by atoms with Crippen molar-refractivity contribution in [3.63, 3.8) is 0 Å². The molecular formula is C11H19N3. The molecule has 1 fully saturated rings. The molecule has 78 valence electrons. The van der Waals surface area contributed by atoms with Crippen molar-refractivity contribution in [1.29, 1.82) is 0 Å². The molecule has 0 amide bonds. The Kier molecular flexibility index (Phi) is 2.87. The van der Waals surface area contributed by atoms with Crippen molar-refractivity contribution in [2.24, 2.45) is 7.05 Å². The normalized spacial score (nSPS) is 16.1. The maximum absolute atomic E-state index is 4.43. The molecule has 3 heteroatoms. The molecule has 1 saturated carbocycles. The van der Waals surface area contributed by atoms with Crippen molar-refractivity contribution in [3.8, 4) is 0 Å². The third-order valence-electron chi connectivity index (χ3n) is 2.78. The SMILES string of the molecule is CCc1cc(CCNC2CC2)n(C)n1. The molecule has 0 aromatic carbocycles. The quantitative estimate of drug-likeness (QED) is 0.763. The molecule has 0 bridgehead atoms. The van der Waals surface area contributed by atoms with E-state index in [2.05, 4.69) is 23.4 Å². The molecule has 1 aromatic rings. The third kappa shape index (κ3) is 2.35. The molecule has 1 aliphatic carbocycles. The van der Waals surface area contributed by atoms with E-state index in [1.165, 1.54) is 24.2 Å². The van der Waals surface area contributed by atoms with Crippen LogP contribution >= 0.6 is 0 Å². The molecule has 1 aliphatic rings. The minimum atomic E-state index is 0.814. The van der Waals surface area contributed by atoms with Gasteiger partial charge in [0.15, 0.2) is 0 Å². The van der Waals surface area contributed by atoms with Crippen LogP contribution in [-0.4, -0.2) is 22.4 Å². The average molecular weight is 193 g/mol. The Bertz CT molecular complexity index is 299. The van der Waals surface area contributed by atoms with E-state index in [4.69, 9.17) is 0 Å². The molecule has 14 heavy (non-hydrogen) atoms. The lowest BCUT2D eigenvalue weighted by atomic mass is 10.2. The maximum Gasteiger partial charge on any atom is 0.0624 e. The maximum atomic E-state index is 4.43. The number of hydrogen-bond donors (Lipinski definition) is 1. The molecular weight excluding hydrogens is 174 g/mol. The Labute approximate surface area is 85.5 Å². The molecule has 2 rings (SSSR count). The Hall–Kier alpha value is -0.830. The first-order chi connectivity index (χ1) is 6.79. The van der Waals surface area contributed by atoms with Crippen molar-refractivity contribution in [3.05, 3.63) is 17.5 Å². The van der Waals surface area contributed by atoms with Gasteiger partial charge in [0.05, 0.1) is 5.69 Å². The van der Waals surface area contributed by atoms with Crippen LogP contribution in [-0.2, 0) is 19.9 Å². The fourth-order valence-electron chi connectivity index (χ4n) is 1.67. The van der Waals surface area contributed by atoms with E-state index in [0.717, 1.165) is 25.4 Å². The van der Waals surface area contributed by atoms with Crippen molar-refractivity contribution >= 4 is 0 Å². The number of hydrogen-bond acceptors (Lipinski definition) is 2. The molecule has 0 radical (unpaired) electrons. The van der Waals surface area contributed by atoms with Gasteiger partial charge in [0.1, 0.15) is 0 Å². The van der Waals surface area contributed by atoms with Crippen LogP contribution in [0.4, 0.5) is 0 Å². The highest BCUT2D eigenvalue weighted by Gasteiger charge is 2.19. The molecule has 0 spiro atoms. The minimum Gasteiger partial charge on any atom is -0.314 e. The van der Waals surface area contributed by atoms with Crippen LogP contribution in [0.3, 0.4) is 0 Å². The highest BCUT2D eigenvalue weighted by Crippen LogP contribution is 2.18. The van der Waals surface area contributed by atoms with Gasteiger partial charge in [-0.15, -0.1) is 0 Å². The first kappa shape index (κ1) is 9.71. The topological polar surface area (TPSA) is 29.9 Å². The Morgan fingerprint density at radius 2 is 2.36 bits per heavy atom. The van der Waals surface area contributed by atoms with E-state index in [1.54, 1.807) is 0 Å². The minimum absolute atomic E-state index is 0.814. The van der Waals surface area contributed by atoms with Crippen molar-refractivity contribution in [2.75, 3.05) is 6.54 Å². The van der Waals surface area contributed by atoms with Gasteiger partial charge >= 0.3 is 0 Å². The highest BCUT2D eigenvalue weighted by atomic mass is 15.3. The summed E-state index contributed by atoms with van der Waals surface area (Å²) in [6.45, 7) is 3.24. The Morgan fingerprint density at radius 1 is 1.57 bits per heavy atom. The van der Waals surface area contributed by atoms with Crippen LogP contribution in [0.15, 0.2) is 6.07 Å². The summed E-state index contributed by atoms with van der Waals surface area (Å²) in [5.74, 6) is 0. The summed E-state index contributed by atoms with van der Waals surface area (Å²) >= 11 is 0. The summed E-state index contributed by atoms with van der Waals surface area (Å²) in [5, 5.41) is 7.95. The van der Waals surface area contributed by atoms with Crippen LogP contribution in [0, 0.1) is 0 Å². The van der Waals surface area contributed by atoms with Crippen molar-refractivity contribution in [1.82, 2.24) is 15.1 Å². The third-order valence-corrected chi connectivity index (χ3v) is 2.78. The molecule has 1 aromatic heterocycles. The van der Waals surface area contributed by atoms with E-state index in [1.807, 2.05) is 11.7 Å². The van der Waals surface area contributed by atoms with Crippen LogP contribution in [0.1, 0.15) is 31.2 Å². The van der Waals surface area contributed by atoms with Gasteiger partial charge in [0, 0.05) is 31.7 Å². The second-order valence-corrected chi connectivity index (χ2v) is 4.08. The molecule has 0 unspecified atom stereocenters. The molecule has 0 aliphatic heterocycles. The first-order valence-corrected chi connectivity index (χ1v) is 5.54. The molecule has 1 N–H and O–H groups in total. The largest absolute Gasteiger partial charge is 0.314 e. The lowest BCUT2D eigenvalue weighted by Gasteiger charge is -2.02. The van der Waals surface area contributed by atoms with E-state index in [0.29, 0.717) is 0 Å². The van der Waals surface area contributed by atoms with Gasteiger partial charge in [-0.05, 0) is 25.3 Å². The second kappa shape index (κ2) is 4.13. The van der Waals surface area contributed by atoms with Gasteiger partial charge in [-0.2, -0.15) is 5.10 Å². The molecule has 0 saturated heterocycles. The summed E-state index contributed by atoms with van der Waals surface area (Å²) in [7, 11) is 2.03. The summed E-state index contributed by atoms with van der Waals surface area (Å²) in [4.78, 5) is 0. The van der Waals surface area contributed by atoms with Gasteiger partial charge in [-0.25, -0.2) is 0 Å². The summed E-state index contributed by atoms with van der Waals surface area (Å²) in [5.41, 5.74) is 2.55. The monoisotopic (exact) mass is 193 g/mol. The van der Waals surface area contributed by atoms with E-state index in [9.17, 15) is 0 Å². The lowest BCUT2D eigenvalue weighted by Crippen LogP contribution is -2.20. The van der Waals surface area contributed by atoms with Gasteiger partial charge in [-0.1, -0.05) is 6.92 Å². The number of aryl methyl sites for hydroxylation is 2. The highest BCUT2D eigenvalue weighted by molar-refractivity contribution is 5.10. The summed E-state index contributed by atoms with van der Waals surface area (Å²) in [6, 6.07) is 3.03. The predicted octanol–water partition coefficient (Wildman–Crippen LogP) is 1.28. The average Bonchev–Trinajstić information content (AvgIpc) is 2.92. The predicted molar refractivity (Wildman–Crippen MR) is 57.3 cm³/mol. The standard InChI is InChI=1S/C11H19N3/c1-3-9-8-11(14(2)13-9)6-7-12-10-4-5-10/h8,10,12H,3-7H2,1-2H3. The van der Waals surface area contributed by atoms with E-state index >= 15 is 0 Å². The lowest BCUT2D eigenvalue weighted by molar-refractivity contribution is 0.638. The number of nitrogens with one attached hydrogen (secondary N) is 1. The van der Waals surface area contributed by atoms with Crippen LogP contribution in [0.25, 0.3) is 0 Å². The number of aromatic nitrogens is 2. The zero-order valence-corrected chi connectivity index (χ0v) is 9.08. The van der Waals surface area contributed by atoms with Crippen LogP contribution in [0.5, 0.6) is 0 Å². The Morgan fingerprint density at radius 3 is 2.93 bits per heavy atom. The Balaban J connectivity index is 1.83. The fourth-order valence-corrected chi connectivity index (χ4v) is 1.67. The van der Waals surface area contributed by atoms with Crippen molar-refractivity contribution in [2.45, 2.75) is 38.6 Å². The van der Waals surface area contributed by atoms with Gasteiger partial charge in [-0.3, -0.25) is 4.68 Å². The smallest absolute Gasteiger partial charge is 0.0624 e. The van der Waals surface area contributed by atoms with Gasteiger partial charge in [0.2, 0.25) is 0 Å².